The van der Waals surface area contributed by atoms with Gasteiger partial charge in [0.1, 0.15) is 11.5 Å². The van der Waals surface area contributed by atoms with Crippen molar-refractivity contribution in [3.63, 3.8) is 0 Å². The number of fused-ring (bicyclic) bond motifs is 1. The summed E-state index contributed by atoms with van der Waals surface area (Å²) in [6.45, 7) is 5.03. The van der Waals surface area contributed by atoms with E-state index in [0.29, 0.717) is 12.2 Å². The lowest BCUT2D eigenvalue weighted by atomic mass is 9.94. The molecule has 1 saturated heterocycles. The van der Waals surface area contributed by atoms with Crippen LogP contribution in [-0.2, 0) is 17.6 Å². The van der Waals surface area contributed by atoms with Crippen LogP contribution in [0.25, 0.3) is 0 Å². The van der Waals surface area contributed by atoms with Gasteiger partial charge >= 0.3 is 0 Å². The van der Waals surface area contributed by atoms with Crippen LogP contribution < -0.4 is 5.32 Å². The first-order valence-corrected chi connectivity index (χ1v) is 9.48. The van der Waals surface area contributed by atoms with Crippen LogP contribution in [0.15, 0.2) is 24.3 Å². The van der Waals surface area contributed by atoms with Crippen LogP contribution in [0.4, 0.5) is 0 Å². The van der Waals surface area contributed by atoms with E-state index < -0.39 is 0 Å². The van der Waals surface area contributed by atoms with E-state index in [1.807, 2.05) is 24.3 Å². The third-order valence-corrected chi connectivity index (χ3v) is 5.36. The minimum Gasteiger partial charge on any atom is -0.379 e. The molecule has 3 heterocycles. The number of carbonyl (C=O) groups excluding carboxylic acids is 1. The summed E-state index contributed by atoms with van der Waals surface area (Å²) < 4.78 is 5.38. The number of aromatic nitrogens is 2. The third-order valence-electron chi connectivity index (χ3n) is 5.11. The van der Waals surface area contributed by atoms with Crippen LogP contribution in [-0.4, -0.2) is 60.2 Å². The van der Waals surface area contributed by atoms with Crippen molar-refractivity contribution in [2.24, 2.45) is 0 Å². The number of nitrogens with one attached hydrogen (secondary N) is 2. The molecule has 2 aromatic rings. The number of imidazole rings is 1. The number of aromatic amines is 1. The van der Waals surface area contributed by atoms with E-state index in [0.717, 1.165) is 62.2 Å². The second kappa shape index (κ2) is 7.78. The number of H-pyrrole nitrogens is 1. The number of ether oxygens (including phenoxy) is 1. The van der Waals surface area contributed by atoms with Gasteiger partial charge in [-0.3, -0.25) is 9.69 Å². The molecule has 1 atom stereocenters. The van der Waals surface area contributed by atoms with Crippen LogP contribution in [0.1, 0.15) is 33.5 Å². The van der Waals surface area contributed by atoms with Crippen LogP contribution in [0.3, 0.4) is 0 Å². The van der Waals surface area contributed by atoms with Gasteiger partial charge in [0.15, 0.2) is 0 Å². The summed E-state index contributed by atoms with van der Waals surface area (Å²) in [5, 5.41) is 3.72. The molecule has 0 aliphatic carbocycles. The lowest BCUT2D eigenvalue weighted by molar-refractivity contribution is 0.0382. The molecular formula is C19H23ClN4O2. The molecule has 26 heavy (non-hydrogen) atoms. The largest absolute Gasteiger partial charge is 0.379 e. The standard InChI is InChI=1S/C19H23ClN4O2/c20-15-3-1-13(2-4-15)14-11-16-18(19(25)21-12-14)23-17(22-16)5-6-24-7-9-26-10-8-24/h1-4,14H,5-12H2,(H,21,25)(H,22,23)/t14-/m0/s1. The van der Waals surface area contributed by atoms with Crippen molar-refractivity contribution in [3.05, 3.63) is 52.1 Å². The fourth-order valence-electron chi connectivity index (χ4n) is 3.60. The zero-order valence-electron chi connectivity index (χ0n) is 14.6. The lowest BCUT2D eigenvalue weighted by Crippen LogP contribution is -2.37. The van der Waals surface area contributed by atoms with Gasteiger partial charge < -0.3 is 15.0 Å². The van der Waals surface area contributed by atoms with Crippen molar-refractivity contribution in [2.45, 2.75) is 18.8 Å². The van der Waals surface area contributed by atoms with Gasteiger partial charge in [-0.05, 0) is 24.1 Å². The number of amides is 1. The van der Waals surface area contributed by atoms with Gasteiger partial charge in [0.25, 0.3) is 5.91 Å². The topological polar surface area (TPSA) is 70.2 Å². The Morgan fingerprint density at radius 1 is 1.23 bits per heavy atom. The van der Waals surface area contributed by atoms with Gasteiger partial charge in [0.05, 0.1) is 13.2 Å². The molecule has 2 N–H and O–H groups in total. The van der Waals surface area contributed by atoms with E-state index >= 15 is 0 Å². The maximum absolute atomic E-state index is 12.4. The Morgan fingerprint density at radius 3 is 2.77 bits per heavy atom. The molecule has 2 aliphatic heterocycles. The highest BCUT2D eigenvalue weighted by Gasteiger charge is 2.26. The molecule has 0 unspecified atom stereocenters. The monoisotopic (exact) mass is 374 g/mol. The van der Waals surface area contributed by atoms with Crippen LogP contribution in [0, 0.1) is 0 Å². The number of rotatable bonds is 4. The number of benzene rings is 1. The second-order valence-corrected chi connectivity index (χ2v) is 7.31. The summed E-state index contributed by atoms with van der Waals surface area (Å²) in [6, 6.07) is 7.84. The van der Waals surface area contributed by atoms with Crippen molar-refractivity contribution in [1.82, 2.24) is 20.2 Å². The van der Waals surface area contributed by atoms with Gasteiger partial charge in [0, 0.05) is 49.2 Å². The molecule has 138 valence electrons. The molecule has 4 rings (SSSR count). The van der Waals surface area contributed by atoms with Gasteiger partial charge in [-0.2, -0.15) is 0 Å². The van der Waals surface area contributed by atoms with Crippen molar-refractivity contribution in [3.8, 4) is 0 Å². The average Bonchev–Trinajstić information content (AvgIpc) is 3.01. The van der Waals surface area contributed by atoms with E-state index in [-0.39, 0.29) is 11.8 Å². The van der Waals surface area contributed by atoms with Gasteiger partial charge in [-0.1, -0.05) is 23.7 Å². The zero-order chi connectivity index (χ0) is 17.9. The molecule has 0 radical (unpaired) electrons. The van der Waals surface area contributed by atoms with Gasteiger partial charge in [0.2, 0.25) is 0 Å². The van der Waals surface area contributed by atoms with Crippen molar-refractivity contribution in [2.75, 3.05) is 39.4 Å². The Kier molecular flexibility index (Phi) is 5.24. The molecule has 2 aliphatic rings. The smallest absolute Gasteiger partial charge is 0.271 e. The Bertz CT molecular complexity index is 768. The zero-order valence-corrected chi connectivity index (χ0v) is 15.4. The SMILES string of the molecule is O=C1NC[C@@H](c2ccc(Cl)cc2)Cc2[nH]c(CCN3CCOCC3)nc21. The molecular weight excluding hydrogens is 352 g/mol. The molecule has 1 aromatic heterocycles. The first-order chi connectivity index (χ1) is 12.7. The molecule has 7 heteroatoms. The van der Waals surface area contributed by atoms with E-state index in [9.17, 15) is 4.79 Å². The number of nitrogens with zero attached hydrogens (tertiary/aromatic N) is 2. The summed E-state index contributed by atoms with van der Waals surface area (Å²) in [6.07, 6.45) is 1.58. The molecule has 1 amide bonds. The molecule has 0 saturated carbocycles. The first-order valence-electron chi connectivity index (χ1n) is 9.10. The lowest BCUT2D eigenvalue weighted by Gasteiger charge is -2.26. The molecule has 1 fully saturated rings. The van der Waals surface area contributed by atoms with Crippen molar-refractivity contribution >= 4 is 17.5 Å². The number of hydrogen-bond acceptors (Lipinski definition) is 4. The number of morpholine rings is 1. The highest BCUT2D eigenvalue weighted by Crippen LogP contribution is 2.25. The van der Waals surface area contributed by atoms with Gasteiger partial charge in [-0.15, -0.1) is 0 Å². The Hall–Kier alpha value is -1.89. The fourth-order valence-corrected chi connectivity index (χ4v) is 3.72. The molecule has 0 spiro atoms. The highest BCUT2D eigenvalue weighted by atomic mass is 35.5. The summed E-state index contributed by atoms with van der Waals surface area (Å²) >= 11 is 5.99. The molecule has 1 aromatic carbocycles. The maximum Gasteiger partial charge on any atom is 0.271 e. The first kappa shape index (κ1) is 17.5. The second-order valence-electron chi connectivity index (χ2n) is 6.88. The van der Waals surface area contributed by atoms with Crippen molar-refractivity contribution in [1.29, 1.82) is 0 Å². The van der Waals surface area contributed by atoms with Crippen molar-refractivity contribution < 1.29 is 9.53 Å². The van der Waals surface area contributed by atoms with Gasteiger partial charge in [-0.25, -0.2) is 4.98 Å². The van der Waals surface area contributed by atoms with E-state index in [4.69, 9.17) is 16.3 Å². The summed E-state index contributed by atoms with van der Waals surface area (Å²) in [5.41, 5.74) is 2.64. The van der Waals surface area contributed by atoms with E-state index in [2.05, 4.69) is 20.2 Å². The summed E-state index contributed by atoms with van der Waals surface area (Å²) in [7, 11) is 0. The maximum atomic E-state index is 12.4. The minimum atomic E-state index is -0.0923. The fraction of sp³-hybridized carbons (Fsp3) is 0.474. The quantitative estimate of drug-likeness (QED) is 0.858. The molecule has 0 bridgehead atoms. The normalized spacial score (nSPS) is 21.1. The predicted octanol–water partition coefficient (Wildman–Crippen LogP) is 2.01. The number of carbonyl (C=O) groups is 1. The summed E-state index contributed by atoms with van der Waals surface area (Å²) in [4.78, 5) is 22.8. The Balaban J connectivity index is 1.47. The third kappa shape index (κ3) is 3.92. The van der Waals surface area contributed by atoms with E-state index in [1.54, 1.807) is 0 Å². The highest BCUT2D eigenvalue weighted by molar-refractivity contribution is 6.30. The summed E-state index contributed by atoms with van der Waals surface area (Å²) in [5.74, 6) is 1.00. The Labute approximate surface area is 157 Å². The van der Waals surface area contributed by atoms with E-state index in [1.165, 1.54) is 5.56 Å². The predicted molar refractivity (Wildman–Crippen MR) is 99.8 cm³/mol. The molecule has 6 nitrogen and oxygen atoms in total. The van der Waals surface area contributed by atoms with Crippen LogP contribution >= 0.6 is 11.6 Å². The minimum absolute atomic E-state index is 0.0923. The Morgan fingerprint density at radius 2 is 2.00 bits per heavy atom. The van der Waals surface area contributed by atoms with Crippen LogP contribution in [0.5, 0.6) is 0 Å². The number of hydrogen-bond donors (Lipinski definition) is 2. The van der Waals surface area contributed by atoms with Crippen LogP contribution in [0.2, 0.25) is 5.02 Å². The average molecular weight is 375 g/mol. The number of halogens is 1.